The monoisotopic (exact) mass is 531 g/mol. The minimum atomic E-state index is -0.817. The predicted octanol–water partition coefficient (Wildman–Crippen LogP) is 4.37. The highest BCUT2D eigenvalue weighted by molar-refractivity contribution is 7.80. The van der Waals surface area contributed by atoms with Crippen LogP contribution in [0, 0.1) is 0 Å². The van der Waals surface area contributed by atoms with Crippen molar-refractivity contribution in [2.45, 2.75) is 77.7 Å². The van der Waals surface area contributed by atoms with Gasteiger partial charge in [-0.15, -0.1) is 0 Å². The minimum Gasteiger partial charge on any atom is -0.494 e. The summed E-state index contributed by atoms with van der Waals surface area (Å²) in [7, 11) is 0. The molecule has 9 heteroatoms. The molecule has 0 spiro atoms. The maximum absolute atomic E-state index is 12.5. The molecule has 0 radical (unpaired) electrons. The summed E-state index contributed by atoms with van der Waals surface area (Å²) in [6, 6.07) is 6.53. The molecular weight excluding hydrogens is 490 g/mol. The molecule has 1 unspecified atom stereocenters. The van der Waals surface area contributed by atoms with E-state index in [2.05, 4.69) is 17.6 Å². The molecular formula is C28H41N3O5S. The van der Waals surface area contributed by atoms with Crippen molar-refractivity contribution < 1.29 is 23.9 Å². The van der Waals surface area contributed by atoms with E-state index >= 15 is 0 Å². The van der Waals surface area contributed by atoms with Crippen molar-refractivity contribution >= 4 is 41.2 Å². The molecule has 1 fully saturated rings. The SMILES string of the molecule is CCCCCCCCCCOC(=O)CC1C(=O)NCCN1C(=S)NC(=O)/C=C/c1ccc(OCC)cc1. The number of benzene rings is 1. The van der Waals surface area contributed by atoms with Gasteiger partial charge in [0.25, 0.3) is 0 Å². The van der Waals surface area contributed by atoms with Crippen molar-refractivity contribution in [2.75, 3.05) is 26.3 Å². The van der Waals surface area contributed by atoms with Crippen LogP contribution >= 0.6 is 12.2 Å². The molecule has 0 bridgehead atoms. The molecule has 2 N–H and O–H groups in total. The van der Waals surface area contributed by atoms with Crippen molar-refractivity contribution in [3.8, 4) is 5.75 Å². The van der Waals surface area contributed by atoms with Crippen LogP contribution in [0.15, 0.2) is 30.3 Å². The fourth-order valence-corrected chi connectivity index (χ4v) is 4.35. The van der Waals surface area contributed by atoms with Gasteiger partial charge in [0.05, 0.1) is 19.6 Å². The lowest BCUT2D eigenvalue weighted by Crippen LogP contribution is -2.60. The maximum atomic E-state index is 12.5. The van der Waals surface area contributed by atoms with Crippen LogP contribution in [0.1, 0.15) is 77.2 Å². The zero-order chi connectivity index (χ0) is 26.9. The Labute approximate surface area is 226 Å². The number of piperazine rings is 1. The lowest BCUT2D eigenvalue weighted by Gasteiger charge is -2.36. The normalized spacial score (nSPS) is 15.4. The van der Waals surface area contributed by atoms with E-state index in [9.17, 15) is 14.4 Å². The summed E-state index contributed by atoms with van der Waals surface area (Å²) in [6.07, 6.45) is 12.2. The molecule has 0 aromatic heterocycles. The fourth-order valence-electron chi connectivity index (χ4n) is 4.03. The molecule has 37 heavy (non-hydrogen) atoms. The van der Waals surface area contributed by atoms with Gasteiger partial charge in [-0.1, -0.05) is 64.0 Å². The molecule has 1 aliphatic rings. The van der Waals surface area contributed by atoms with Crippen LogP contribution in [-0.4, -0.2) is 60.1 Å². The van der Waals surface area contributed by atoms with Gasteiger partial charge in [0.15, 0.2) is 5.11 Å². The zero-order valence-corrected chi connectivity index (χ0v) is 22.9. The largest absolute Gasteiger partial charge is 0.494 e. The third-order valence-corrected chi connectivity index (χ3v) is 6.40. The van der Waals surface area contributed by atoms with Crippen LogP contribution < -0.4 is 15.4 Å². The van der Waals surface area contributed by atoms with E-state index in [1.807, 2.05) is 31.2 Å². The minimum absolute atomic E-state index is 0.108. The molecule has 0 saturated carbocycles. The lowest BCUT2D eigenvalue weighted by molar-refractivity contribution is -0.147. The van der Waals surface area contributed by atoms with E-state index in [1.165, 1.54) is 38.2 Å². The fraction of sp³-hybridized carbons (Fsp3) is 0.571. The molecule has 2 rings (SSSR count). The molecule has 1 aromatic rings. The summed E-state index contributed by atoms with van der Waals surface area (Å²) in [5, 5.41) is 5.50. The Morgan fingerprint density at radius 3 is 2.43 bits per heavy atom. The third-order valence-electron chi connectivity index (χ3n) is 6.06. The van der Waals surface area contributed by atoms with Gasteiger partial charge < -0.3 is 19.7 Å². The number of nitrogens with zero attached hydrogens (tertiary/aromatic N) is 1. The molecule has 2 amide bonds. The van der Waals surface area contributed by atoms with Gasteiger partial charge in [0.1, 0.15) is 11.8 Å². The first-order valence-electron chi connectivity index (χ1n) is 13.4. The number of unbranched alkanes of at least 4 members (excludes halogenated alkanes) is 7. The summed E-state index contributed by atoms with van der Waals surface area (Å²) in [4.78, 5) is 38.9. The van der Waals surface area contributed by atoms with Gasteiger partial charge in [0, 0.05) is 19.2 Å². The number of carbonyl (C=O) groups excluding carboxylic acids is 3. The van der Waals surface area contributed by atoms with Gasteiger partial charge in [-0.3, -0.25) is 19.7 Å². The molecule has 0 aliphatic carbocycles. The van der Waals surface area contributed by atoms with Gasteiger partial charge in [-0.05, 0) is 49.3 Å². The summed E-state index contributed by atoms with van der Waals surface area (Å²) >= 11 is 5.39. The Kier molecular flexibility index (Phi) is 14.3. The maximum Gasteiger partial charge on any atom is 0.308 e. The molecule has 1 heterocycles. The number of hydrogen-bond donors (Lipinski definition) is 2. The average Bonchev–Trinajstić information content (AvgIpc) is 2.88. The summed E-state index contributed by atoms with van der Waals surface area (Å²) in [6.45, 7) is 5.82. The van der Waals surface area contributed by atoms with Crippen molar-refractivity contribution in [2.24, 2.45) is 0 Å². The predicted molar refractivity (Wildman–Crippen MR) is 149 cm³/mol. The van der Waals surface area contributed by atoms with E-state index in [-0.39, 0.29) is 17.4 Å². The van der Waals surface area contributed by atoms with Gasteiger partial charge in [-0.2, -0.15) is 0 Å². The number of hydrogen-bond acceptors (Lipinski definition) is 6. The van der Waals surface area contributed by atoms with Gasteiger partial charge in [0.2, 0.25) is 11.8 Å². The van der Waals surface area contributed by atoms with Crippen LogP contribution in [0.25, 0.3) is 6.08 Å². The Morgan fingerprint density at radius 2 is 1.76 bits per heavy atom. The summed E-state index contributed by atoms with van der Waals surface area (Å²) in [5.74, 6) is -0.409. The van der Waals surface area contributed by atoms with Gasteiger partial charge >= 0.3 is 5.97 Å². The topological polar surface area (TPSA) is 97.0 Å². The van der Waals surface area contributed by atoms with E-state index < -0.39 is 17.9 Å². The van der Waals surface area contributed by atoms with Gasteiger partial charge in [-0.25, -0.2) is 0 Å². The average molecular weight is 532 g/mol. The highest BCUT2D eigenvalue weighted by Crippen LogP contribution is 2.14. The Morgan fingerprint density at radius 1 is 1.08 bits per heavy atom. The third kappa shape index (κ3) is 11.8. The standard InChI is InChI=1S/C28H41N3O5S/c1-3-5-6-7-8-9-10-11-20-36-26(33)21-24-27(34)29-18-19-31(24)28(37)30-25(32)17-14-22-12-15-23(16-13-22)35-4-2/h12-17,24H,3-11,18-21H2,1-2H3,(H,29,34)(H,30,32,37)/b17-14+. The zero-order valence-electron chi connectivity index (χ0n) is 22.1. The first-order chi connectivity index (χ1) is 17.9. The van der Waals surface area contributed by atoms with Crippen LogP contribution in [0.4, 0.5) is 0 Å². The van der Waals surface area contributed by atoms with Crippen molar-refractivity contribution in [1.82, 2.24) is 15.5 Å². The summed E-state index contributed by atoms with van der Waals surface area (Å²) in [5.41, 5.74) is 0.832. The number of ether oxygens (including phenoxy) is 2. The van der Waals surface area contributed by atoms with Crippen LogP contribution in [0.5, 0.6) is 5.75 Å². The first-order valence-corrected chi connectivity index (χ1v) is 13.8. The van der Waals surface area contributed by atoms with E-state index in [1.54, 1.807) is 11.0 Å². The molecule has 1 aliphatic heterocycles. The number of rotatable bonds is 15. The highest BCUT2D eigenvalue weighted by atomic mass is 32.1. The van der Waals surface area contributed by atoms with Crippen molar-refractivity contribution in [3.05, 3.63) is 35.9 Å². The van der Waals surface area contributed by atoms with E-state index in [0.717, 1.165) is 30.6 Å². The smallest absolute Gasteiger partial charge is 0.308 e. The van der Waals surface area contributed by atoms with Crippen LogP contribution in [0.3, 0.4) is 0 Å². The van der Waals surface area contributed by atoms with Crippen molar-refractivity contribution in [3.63, 3.8) is 0 Å². The van der Waals surface area contributed by atoms with Crippen LogP contribution in [-0.2, 0) is 19.1 Å². The summed E-state index contributed by atoms with van der Waals surface area (Å²) < 4.78 is 10.8. The number of carbonyl (C=O) groups is 3. The molecule has 1 atom stereocenters. The number of nitrogens with one attached hydrogen (secondary N) is 2. The number of esters is 1. The molecule has 1 aromatic carbocycles. The second-order valence-electron chi connectivity index (χ2n) is 9.03. The molecule has 8 nitrogen and oxygen atoms in total. The lowest BCUT2D eigenvalue weighted by atomic mass is 10.1. The first kappa shape index (κ1) is 30.3. The number of amides is 2. The second kappa shape index (κ2) is 17.5. The molecule has 204 valence electrons. The number of thiocarbonyl (C=S) groups is 1. The highest BCUT2D eigenvalue weighted by Gasteiger charge is 2.34. The second-order valence-corrected chi connectivity index (χ2v) is 9.42. The molecule has 1 saturated heterocycles. The van der Waals surface area contributed by atoms with Crippen LogP contribution in [0.2, 0.25) is 0 Å². The Balaban J connectivity index is 1.77. The van der Waals surface area contributed by atoms with E-state index in [4.69, 9.17) is 21.7 Å². The Hall–Kier alpha value is -2.94. The quantitative estimate of drug-likeness (QED) is 0.150. The Bertz CT molecular complexity index is 904. The van der Waals surface area contributed by atoms with Crippen molar-refractivity contribution in [1.29, 1.82) is 0 Å². The van der Waals surface area contributed by atoms with E-state index in [0.29, 0.717) is 26.3 Å².